The largest absolute Gasteiger partial charge is 0.508 e. The fourth-order valence-electron chi connectivity index (χ4n) is 3.09. The number of aromatic hydroxyl groups is 1. The number of hydrogen-bond acceptors (Lipinski definition) is 4. The summed E-state index contributed by atoms with van der Waals surface area (Å²) in [6.07, 6.45) is 5.40. The number of benzene rings is 3. The average molecular weight is 399 g/mol. The van der Waals surface area contributed by atoms with E-state index in [0.29, 0.717) is 16.9 Å². The third-order valence-electron chi connectivity index (χ3n) is 4.51. The third-order valence-corrected chi connectivity index (χ3v) is 4.51. The molecule has 3 rings (SSSR count). The summed E-state index contributed by atoms with van der Waals surface area (Å²) in [5, 5.41) is 12.5. The Morgan fingerprint density at radius 3 is 2.37 bits per heavy atom. The first-order valence-corrected chi connectivity index (χ1v) is 9.25. The summed E-state index contributed by atoms with van der Waals surface area (Å²) in [6, 6.07) is 21.0. The van der Waals surface area contributed by atoms with Crippen LogP contribution in [0.2, 0.25) is 0 Å². The van der Waals surface area contributed by atoms with E-state index >= 15 is 0 Å². The molecule has 0 heterocycles. The maximum atomic E-state index is 13.3. The lowest BCUT2D eigenvalue weighted by Crippen LogP contribution is -2.43. The molecule has 0 spiro atoms. The van der Waals surface area contributed by atoms with Crippen LogP contribution in [-0.2, 0) is 16.1 Å². The molecule has 0 saturated heterocycles. The molecular weight excluding hydrogens is 378 g/mol. The van der Waals surface area contributed by atoms with Gasteiger partial charge in [0.2, 0.25) is 5.91 Å². The molecule has 0 fully saturated rings. The van der Waals surface area contributed by atoms with Crippen molar-refractivity contribution in [3.05, 3.63) is 90.0 Å². The molecule has 3 aromatic rings. The van der Waals surface area contributed by atoms with Crippen LogP contribution in [0.1, 0.15) is 17.2 Å². The first-order chi connectivity index (χ1) is 14.5. The second-order valence-corrected chi connectivity index (χ2v) is 6.61. The van der Waals surface area contributed by atoms with Crippen LogP contribution in [0.25, 0.3) is 0 Å². The van der Waals surface area contributed by atoms with Gasteiger partial charge in [-0.3, -0.25) is 14.5 Å². The molecule has 6 nitrogen and oxygen atoms in total. The number of phenolic OH excluding ortho intramolecular Hbond substituents is 1. The minimum absolute atomic E-state index is 0.0286. The number of carbonyl (C=O) groups excluding carboxylic acids is 2. The average Bonchev–Trinajstić information content (AvgIpc) is 2.77. The molecule has 1 unspecified atom stereocenters. The Morgan fingerprint density at radius 2 is 1.73 bits per heavy atom. The summed E-state index contributed by atoms with van der Waals surface area (Å²) in [5.41, 5.74) is 8.17. The Morgan fingerprint density at radius 1 is 1.03 bits per heavy atom. The second-order valence-electron chi connectivity index (χ2n) is 6.61. The Bertz CT molecular complexity index is 1070. The van der Waals surface area contributed by atoms with Gasteiger partial charge in [0.15, 0.2) is 0 Å². The van der Waals surface area contributed by atoms with E-state index in [0.717, 1.165) is 5.56 Å². The zero-order valence-electron chi connectivity index (χ0n) is 16.2. The molecule has 2 amide bonds. The Labute approximate surface area is 175 Å². The number of anilines is 2. The van der Waals surface area contributed by atoms with Gasteiger partial charge in [-0.05, 0) is 53.4 Å². The highest BCUT2D eigenvalue weighted by Gasteiger charge is 2.32. The molecule has 0 aromatic heterocycles. The predicted molar refractivity (Wildman–Crippen MR) is 116 cm³/mol. The summed E-state index contributed by atoms with van der Waals surface area (Å²) in [5.74, 6) is 1.01. The van der Waals surface area contributed by atoms with Gasteiger partial charge >= 0.3 is 5.91 Å². The Hall–Kier alpha value is -4.24. The number of amides is 2. The van der Waals surface area contributed by atoms with Gasteiger partial charge in [0.25, 0.3) is 0 Å². The number of nitrogens with one attached hydrogen (secondary N) is 1. The number of terminal acetylenes is 1. The van der Waals surface area contributed by atoms with Crippen LogP contribution in [0.3, 0.4) is 0 Å². The van der Waals surface area contributed by atoms with Crippen molar-refractivity contribution in [1.29, 1.82) is 0 Å². The van der Waals surface area contributed by atoms with Crippen LogP contribution in [0, 0.1) is 12.3 Å². The van der Waals surface area contributed by atoms with Crippen molar-refractivity contribution in [2.75, 3.05) is 10.6 Å². The Balaban J connectivity index is 2.02. The predicted octanol–water partition coefficient (Wildman–Crippen LogP) is 3.00. The molecule has 150 valence electrons. The summed E-state index contributed by atoms with van der Waals surface area (Å²) >= 11 is 0. The maximum absolute atomic E-state index is 13.3. The van der Waals surface area contributed by atoms with E-state index in [-0.39, 0.29) is 12.3 Å². The van der Waals surface area contributed by atoms with Crippen LogP contribution in [-0.4, -0.2) is 16.9 Å². The van der Waals surface area contributed by atoms with Gasteiger partial charge in [0, 0.05) is 17.9 Å². The van der Waals surface area contributed by atoms with E-state index in [1.165, 1.54) is 29.2 Å². The lowest BCUT2D eigenvalue weighted by atomic mass is 10.0. The van der Waals surface area contributed by atoms with E-state index in [2.05, 4.69) is 11.2 Å². The van der Waals surface area contributed by atoms with Crippen molar-refractivity contribution in [2.24, 2.45) is 0 Å². The molecule has 0 aliphatic carbocycles. The summed E-state index contributed by atoms with van der Waals surface area (Å²) in [7, 11) is 0. The van der Waals surface area contributed by atoms with Crippen LogP contribution in [0.15, 0.2) is 78.9 Å². The number of nitrogens with two attached hydrogens (primary N) is 1. The zero-order chi connectivity index (χ0) is 21.5. The highest BCUT2D eigenvalue weighted by molar-refractivity contribution is 6.09. The van der Waals surface area contributed by atoms with Gasteiger partial charge in [-0.25, -0.2) is 0 Å². The maximum Gasteiger partial charge on any atom is 0.303 e. The number of phenols is 1. The molecule has 0 bridgehead atoms. The molecule has 0 radical (unpaired) electrons. The molecule has 30 heavy (non-hydrogen) atoms. The van der Waals surface area contributed by atoms with Crippen LogP contribution >= 0.6 is 0 Å². The van der Waals surface area contributed by atoms with Gasteiger partial charge in [0.05, 0.1) is 0 Å². The fraction of sp³-hybridized carbons (Fsp3) is 0.0833. The minimum atomic E-state index is -1.05. The standard InChI is InChI=1S/C24H21N3O3/c1-2-22(29)27(20-11-13-21(28)14-12-20)23(18-9-6-10-19(25)15-18)24(30)26-16-17-7-4-3-5-8-17/h1,3-15,23,28H,16,25H2,(H,26,30). The monoisotopic (exact) mass is 399 g/mol. The fourth-order valence-corrected chi connectivity index (χ4v) is 3.09. The SMILES string of the molecule is C#CC(=O)N(c1ccc(O)cc1)C(C(=O)NCc1ccccc1)c1cccc(N)c1. The van der Waals surface area contributed by atoms with Crippen LogP contribution < -0.4 is 16.0 Å². The van der Waals surface area contributed by atoms with Gasteiger partial charge < -0.3 is 16.2 Å². The topological polar surface area (TPSA) is 95.7 Å². The lowest BCUT2D eigenvalue weighted by Gasteiger charge is -2.30. The normalized spacial score (nSPS) is 11.2. The minimum Gasteiger partial charge on any atom is -0.508 e. The summed E-state index contributed by atoms with van der Waals surface area (Å²) in [6.45, 7) is 0.284. The van der Waals surface area contributed by atoms with E-state index in [4.69, 9.17) is 12.2 Å². The van der Waals surface area contributed by atoms with Gasteiger partial charge in [-0.2, -0.15) is 0 Å². The Kier molecular flexibility index (Phi) is 6.36. The molecule has 4 N–H and O–H groups in total. The summed E-state index contributed by atoms with van der Waals surface area (Å²) in [4.78, 5) is 27.2. The molecule has 3 aromatic carbocycles. The highest BCUT2D eigenvalue weighted by Crippen LogP contribution is 2.30. The number of hydrogen-bond donors (Lipinski definition) is 3. The second kappa shape index (κ2) is 9.30. The third kappa shape index (κ3) is 4.78. The molecule has 1 atom stereocenters. The van der Waals surface area contributed by atoms with E-state index in [1.54, 1.807) is 24.3 Å². The number of nitrogens with zero attached hydrogens (tertiary/aromatic N) is 1. The number of nitrogen functional groups attached to an aromatic ring is 1. The first kappa shape index (κ1) is 20.5. The molecule has 0 aliphatic heterocycles. The smallest absolute Gasteiger partial charge is 0.303 e. The molecule has 0 saturated carbocycles. The molecule has 6 heteroatoms. The highest BCUT2D eigenvalue weighted by atomic mass is 16.3. The van der Waals surface area contributed by atoms with Crippen LogP contribution in [0.5, 0.6) is 5.75 Å². The van der Waals surface area contributed by atoms with E-state index in [9.17, 15) is 14.7 Å². The first-order valence-electron chi connectivity index (χ1n) is 9.25. The van der Waals surface area contributed by atoms with E-state index in [1.807, 2.05) is 30.3 Å². The van der Waals surface area contributed by atoms with Crippen molar-refractivity contribution >= 4 is 23.2 Å². The molecule has 0 aliphatic rings. The number of carbonyl (C=O) groups is 2. The number of rotatable bonds is 6. The van der Waals surface area contributed by atoms with Crippen molar-refractivity contribution in [3.63, 3.8) is 0 Å². The van der Waals surface area contributed by atoms with Crippen molar-refractivity contribution < 1.29 is 14.7 Å². The van der Waals surface area contributed by atoms with Crippen LogP contribution in [0.4, 0.5) is 11.4 Å². The quantitative estimate of drug-likeness (QED) is 0.439. The van der Waals surface area contributed by atoms with Gasteiger partial charge in [-0.15, -0.1) is 6.42 Å². The van der Waals surface area contributed by atoms with Crippen molar-refractivity contribution in [3.8, 4) is 18.1 Å². The van der Waals surface area contributed by atoms with E-state index < -0.39 is 17.9 Å². The van der Waals surface area contributed by atoms with Crippen molar-refractivity contribution in [2.45, 2.75) is 12.6 Å². The summed E-state index contributed by atoms with van der Waals surface area (Å²) < 4.78 is 0. The van der Waals surface area contributed by atoms with Crippen molar-refractivity contribution in [1.82, 2.24) is 5.32 Å². The lowest BCUT2D eigenvalue weighted by molar-refractivity contribution is -0.125. The zero-order valence-corrected chi connectivity index (χ0v) is 16.2. The molecular formula is C24H21N3O3. The van der Waals surface area contributed by atoms with Gasteiger partial charge in [-0.1, -0.05) is 42.5 Å². The van der Waals surface area contributed by atoms with Gasteiger partial charge in [0.1, 0.15) is 11.8 Å².